The summed E-state index contributed by atoms with van der Waals surface area (Å²) < 4.78 is 6.76. The predicted octanol–water partition coefficient (Wildman–Crippen LogP) is -0.698. The number of Topliss-reactive ketones (excluding diaryl/α,β-unsaturated/α-hetero) is 1. The van der Waals surface area contributed by atoms with Gasteiger partial charge in [0, 0.05) is 19.2 Å². The Hall–Kier alpha value is -3.73. The summed E-state index contributed by atoms with van der Waals surface area (Å²) in [5.41, 5.74) is 4.12. The molecule has 0 fully saturated rings. The van der Waals surface area contributed by atoms with Crippen LogP contribution in [0.5, 0.6) is 0 Å². The molecule has 11 nitrogen and oxygen atoms in total. The van der Waals surface area contributed by atoms with E-state index in [2.05, 4.69) is 5.32 Å². The summed E-state index contributed by atoms with van der Waals surface area (Å²) in [5.74, 6) is -2.92. The lowest BCUT2D eigenvalue weighted by molar-refractivity contribution is -0.145. The number of benzene rings is 1. The normalized spacial score (nSPS) is 11.8. The highest BCUT2D eigenvalue weighted by Gasteiger charge is 2.26. The van der Waals surface area contributed by atoms with Gasteiger partial charge in [0.25, 0.3) is 11.5 Å². The SMILES string of the molecule is CC(C)Cn1c(N)c(C(=O)COC(=O)C(CO)NC(=O)c2ccccc2)c(=O)n(C)c1=O. The van der Waals surface area contributed by atoms with Crippen molar-refractivity contribution in [2.45, 2.75) is 26.4 Å². The van der Waals surface area contributed by atoms with Crippen LogP contribution in [0.3, 0.4) is 0 Å². The first-order chi connectivity index (χ1) is 15.1. The van der Waals surface area contributed by atoms with Crippen LogP contribution in [0.25, 0.3) is 0 Å². The van der Waals surface area contributed by atoms with Crippen LogP contribution in [-0.4, -0.2) is 51.2 Å². The molecule has 0 aliphatic heterocycles. The van der Waals surface area contributed by atoms with Crippen molar-refractivity contribution < 1.29 is 24.2 Å². The van der Waals surface area contributed by atoms with Crippen molar-refractivity contribution in [2.75, 3.05) is 18.9 Å². The maximum atomic E-state index is 12.6. The number of nitrogens with two attached hydrogens (primary N) is 1. The first-order valence-electron chi connectivity index (χ1n) is 9.84. The minimum absolute atomic E-state index is 0.00632. The Morgan fingerprint density at radius 1 is 1.16 bits per heavy atom. The van der Waals surface area contributed by atoms with Crippen LogP contribution in [0.2, 0.25) is 0 Å². The molecule has 4 N–H and O–H groups in total. The number of carbonyl (C=O) groups excluding carboxylic acids is 3. The van der Waals surface area contributed by atoms with Gasteiger partial charge in [0.1, 0.15) is 11.4 Å². The number of hydrogen-bond acceptors (Lipinski definition) is 8. The smallest absolute Gasteiger partial charge is 0.332 e. The van der Waals surface area contributed by atoms with Crippen LogP contribution in [0.4, 0.5) is 5.82 Å². The van der Waals surface area contributed by atoms with Crippen LogP contribution in [0, 0.1) is 5.92 Å². The second-order valence-electron chi connectivity index (χ2n) is 7.52. The van der Waals surface area contributed by atoms with Crippen molar-refractivity contribution in [3.63, 3.8) is 0 Å². The number of aliphatic hydroxyl groups excluding tert-OH is 1. The van der Waals surface area contributed by atoms with Gasteiger partial charge in [0.05, 0.1) is 6.61 Å². The average molecular weight is 446 g/mol. The molecule has 1 amide bonds. The molecule has 32 heavy (non-hydrogen) atoms. The third-order valence-electron chi connectivity index (χ3n) is 4.56. The fourth-order valence-electron chi connectivity index (χ4n) is 2.91. The van der Waals surface area contributed by atoms with Gasteiger partial charge in [-0.25, -0.2) is 9.59 Å². The number of nitrogen functional groups attached to an aromatic ring is 1. The molecule has 2 aromatic rings. The Morgan fingerprint density at radius 2 is 1.78 bits per heavy atom. The minimum atomic E-state index is -1.43. The highest BCUT2D eigenvalue weighted by atomic mass is 16.5. The number of anilines is 1. The van der Waals surface area contributed by atoms with Crippen LogP contribution in [0.1, 0.15) is 34.6 Å². The van der Waals surface area contributed by atoms with Gasteiger partial charge < -0.3 is 20.9 Å². The number of hydrogen-bond donors (Lipinski definition) is 3. The second kappa shape index (κ2) is 10.5. The van der Waals surface area contributed by atoms with Crippen molar-refractivity contribution in [1.29, 1.82) is 0 Å². The van der Waals surface area contributed by atoms with E-state index in [1.165, 1.54) is 19.2 Å². The average Bonchev–Trinajstić information content (AvgIpc) is 2.77. The zero-order chi connectivity index (χ0) is 24.0. The van der Waals surface area contributed by atoms with Gasteiger partial charge in [-0.05, 0) is 18.1 Å². The number of nitrogens with zero attached hydrogens (tertiary/aromatic N) is 2. The number of nitrogens with one attached hydrogen (secondary N) is 1. The van der Waals surface area contributed by atoms with Crippen LogP contribution in [-0.2, 0) is 23.1 Å². The molecule has 0 aliphatic rings. The Kier molecular flexibility index (Phi) is 8.08. The van der Waals surface area contributed by atoms with Gasteiger partial charge in [-0.15, -0.1) is 0 Å². The van der Waals surface area contributed by atoms with E-state index in [-0.39, 0.29) is 23.8 Å². The summed E-state index contributed by atoms with van der Waals surface area (Å²) in [6.45, 7) is 2.21. The number of aliphatic hydroxyl groups is 1. The van der Waals surface area contributed by atoms with E-state index in [9.17, 15) is 29.1 Å². The lowest BCUT2D eigenvalue weighted by atomic mass is 10.1. The van der Waals surface area contributed by atoms with E-state index < -0.39 is 53.7 Å². The van der Waals surface area contributed by atoms with Gasteiger partial charge in [-0.3, -0.25) is 23.5 Å². The number of ether oxygens (including phenoxy) is 1. The Balaban J connectivity index is 2.16. The third kappa shape index (κ3) is 5.49. The minimum Gasteiger partial charge on any atom is -0.456 e. The number of aromatic nitrogens is 2. The maximum absolute atomic E-state index is 12.6. The molecule has 0 aliphatic carbocycles. The van der Waals surface area contributed by atoms with Crippen LogP contribution >= 0.6 is 0 Å². The van der Waals surface area contributed by atoms with Crippen LogP contribution in [0.15, 0.2) is 39.9 Å². The molecule has 0 saturated heterocycles. The first kappa shape index (κ1) is 24.5. The van der Waals surface area contributed by atoms with Crippen molar-refractivity contribution in [3.05, 3.63) is 62.3 Å². The lowest BCUT2D eigenvalue weighted by Gasteiger charge is -2.17. The number of carbonyl (C=O) groups is 3. The van der Waals surface area contributed by atoms with Crippen molar-refractivity contribution in [3.8, 4) is 0 Å². The van der Waals surface area contributed by atoms with E-state index in [1.54, 1.807) is 18.2 Å². The lowest BCUT2D eigenvalue weighted by Crippen LogP contribution is -2.45. The van der Waals surface area contributed by atoms with Gasteiger partial charge >= 0.3 is 11.7 Å². The van der Waals surface area contributed by atoms with E-state index in [0.29, 0.717) is 0 Å². The molecule has 0 radical (unpaired) electrons. The summed E-state index contributed by atoms with van der Waals surface area (Å²) in [5, 5.41) is 11.7. The Labute approximate surface area is 183 Å². The number of esters is 1. The largest absolute Gasteiger partial charge is 0.456 e. The third-order valence-corrected chi connectivity index (χ3v) is 4.56. The molecule has 172 valence electrons. The predicted molar refractivity (Wildman–Crippen MR) is 115 cm³/mol. The van der Waals surface area contributed by atoms with Crippen molar-refractivity contribution in [1.82, 2.24) is 14.5 Å². The number of amides is 1. The summed E-state index contributed by atoms with van der Waals surface area (Å²) in [6, 6.07) is 6.57. The van der Waals surface area contributed by atoms with Crippen LogP contribution < -0.4 is 22.3 Å². The van der Waals surface area contributed by atoms with Crippen molar-refractivity contribution in [2.24, 2.45) is 13.0 Å². The van der Waals surface area contributed by atoms with E-state index >= 15 is 0 Å². The standard InChI is InChI=1S/C21H26N4O7/c1-12(2)9-25-17(22)16(19(29)24(3)21(25)31)15(27)11-32-20(30)14(10-26)23-18(28)13-7-5-4-6-8-13/h4-8,12,14,26H,9-11,22H2,1-3H3,(H,23,28). The van der Waals surface area contributed by atoms with E-state index in [4.69, 9.17) is 10.5 Å². The monoisotopic (exact) mass is 446 g/mol. The molecule has 1 unspecified atom stereocenters. The van der Waals surface area contributed by atoms with Gasteiger partial charge in [0.2, 0.25) is 5.78 Å². The Morgan fingerprint density at radius 3 is 2.34 bits per heavy atom. The molecule has 0 saturated carbocycles. The summed E-state index contributed by atoms with van der Waals surface area (Å²) in [4.78, 5) is 61.8. The van der Waals surface area contributed by atoms with Gasteiger partial charge in [-0.2, -0.15) is 0 Å². The number of ketones is 1. The Bertz CT molecular complexity index is 1120. The van der Waals surface area contributed by atoms with E-state index in [0.717, 1.165) is 9.13 Å². The molecular weight excluding hydrogens is 420 g/mol. The molecule has 1 heterocycles. The summed E-state index contributed by atoms with van der Waals surface area (Å²) in [6.07, 6.45) is 0. The second-order valence-corrected chi connectivity index (χ2v) is 7.52. The topological polar surface area (TPSA) is 163 Å². The molecule has 1 atom stereocenters. The molecule has 1 aromatic heterocycles. The zero-order valence-corrected chi connectivity index (χ0v) is 18.0. The first-order valence-corrected chi connectivity index (χ1v) is 9.84. The molecule has 1 aromatic carbocycles. The molecule has 0 spiro atoms. The maximum Gasteiger partial charge on any atom is 0.332 e. The quantitative estimate of drug-likeness (QED) is 0.336. The highest BCUT2D eigenvalue weighted by molar-refractivity contribution is 6.02. The van der Waals surface area contributed by atoms with Crippen molar-refractivity contribution >= 4 is 23.5 Å². The summed E-state index contributed by atoms with van der Waals surface area (Å²) in [7, 11) is 1.21. The summed E-state index contributed by atoms with van der Waals surface area (Å²) >= 11 is 0. The van der Waals surface area contributed by atoms with Gasteiger partial charge in [0.15, 0.2) is 12.6 Å². The molecule has 2 rings (SSSR count). The zero-order valence-electron chi connectivity index (χ0n) is 18.0. The molecule has 11 heteroatoms. The molecular formula is C21H26N4O7. The highest BCUT2D eigenvalue weighted by Crippen LogP contribution is 2.09. The fraction of sp³-hybridized carbons (Fsp3) is 0.381. The van der Waals surface area contributed by atoms with E-state index in [1.807, 2.05) is 13.8 Å². The fourth-order valence-corrected chi connectivity index (χ4v) is 2.91. The molecule has 0 bridgehead atoms. The number of rotatable bonds is 9. The van der Waals surface area contributed by atoms with Gasteiger partial charge in [-0.1, -0.05) is 32.0 Å².